The van der Waals surface area contributed by atoms with Gasteiger partial charge in [-0.25, -0.2) is 9.59 Å². The van der Waals surface area contributed by atoms with Crippen molar-refractivity contribution in [2.45, 2.75) is 52.1 Å². The van der Waals surface area contributed by atoms with Gasteiger partial charge in [-0.05, 0) is 27.7 Å². The van der Waals surface area contributed by atoms with Gasteiger partial charge in [0.2, 0.25) is 27.3 Å². The normalized spacial score (nSPS) is 16.8. The van der Waals surface area contributed by atoms with Crippen LogP contribution >= 0.6 is 8.46 Å². The van der Waals surface area contributed by atoms with Crippen LogP contribution in [-0.2, 0) is 42.6 Å². The summed E-state index contributed by atoms with van der Waals surface area (Å²) in [6.45, 7) is 12.9. The smallest absolute Gasteiger partial charge is 0.332 e. The fraction of sp³-hybridized carbons (Fsp3) is 0.625. The Balaban J connectivity index is 5.44. The van der Waals surface area contributed by atoms with Gasteiger partial charge < -0.3 is 23.7 Å². The second-order valence-electron chi connectivity index (χ2n) is 4.61. The van der Waals surface area contributed by atoms with Crippen LogP contribution in [0.3, 0.4) is 0 Å². The minimum absolute atomic E-state index is 0.0745. The van der Waals surface area contributed by atoms with E-state index in [4.69, 9.17) is 28.4 Å². The third-order valence-corrected chi connectivity index (χ3v) is 3.34. The van der Waals surface area contributed by atoms with Crippen LogP contribution in [0.25, 0.3) is 0 Å². The molecule has 0 aromatic heterocycles. The first-order valence-corrected chi connectivity index (χ1v) is 8.69. The van der Waals surface area contributed by atoms with Crippen LogP contribution in [0.4, 0.5) is 0 Å². The summed E-state index contributed by atoms with van der Waals surface area (Å²) in [7, 11) is -0.661. The number of rotatable bonds is 14. The summed E-state index contributed by atoms with van der Waals surface area (Å²) in [5, 5.41) is 0. The van der Waals surface area contributed by atoms with Gasteiger partial charge in [-0.3, -0.25) is 9.30 Å². The first-order chi connectivity index (χ1) is 12.3. The Kier molecular flexibility index (Phi) is 11.9. The molecule has 26 heavy (non-hydrogen) atoms. The molecule has 0 aliphatic heterocycles. The van der Waals surface area contributed by atoms with E-state index < -0.39 is 44.8 Å². The van der Waals surface area contributed by atoms with Crippen LogP contribution in [-0.4, -0.2) is 49.6 Å². The molecule has 0 radical (unpaired) electrons. The van der Waals surface area contributed by atoms with Gasteiger partial charge >= 0.3 is 17.5 Å². The van der Waals surface area contributed by atoms with Crippen molar-refractivity contribution in [1.82, 2.24) is 0 Å². The Hall–Kier alpha value is -1.64. The van der Waals surface area contributed by atoms with Crippen LogP contribution in [0, 0.1) is 0 Å². The van der Waals surface area contributed by atoms with Gasteiger partial charge in [-0.1, -0.05) is 13.2 Å². The highest BCUT2D eigenvalue weighted by Crippen LogP contribution is 2.35. The molecule has 4 unspecified atom stereocenters. The van der Waals surface area contributed by atoms with Gasteiger partial charge in [0.1, 0.15) is 0 Å². The molecular formula is C16H25O9P. The van der Waals surface area contributed by atoms with E-state index in [1.807, 2.05) is 0 Å². The first kappa shape index (κ1) is 24.4. The number of carbonyl (C=O) groups is 2. The Labute approximate surface area is 154 Å². The third kappa shape index (κ3) is 8.16. The molecule has 9 nitrogen and oxygen atoms in total. The van der Waals surface area contributed by atoms with Gasteiger partial charge in [-0.15, -0.1) is 0 Å². The van der Waals surface area contributed by atoms with Crippen LogP contribution in [0.5, 0.6) is 0 Å². The summed E-state index contributed by atoms with van der Waals surface area (Å²) < 4.78 is 43.5. The second-order valence-corrected chi connectivity index (χ2v) is 5.42. The summed E-state index contributed by atoms with van der Waals surface area (Å²) >= 11 is 0. The molecule has 0 saturated carbocycles. The molecule has 10 heteroatoms. The predicted octanol–water partition coefficient (Wildman–Crippen LogP) is 2.51. The quantitative estimate of drug-likeness (QED) is 0.191. The maximum atomic E-state index is 11.9. The zero-order valence-electron chi connectivity index (χ0n) is 15.3. The molecule has 0 amide bonds. The largest absolute Gasteiger partial charge is 0.433 e. The van der Waals surface area contributed by atoms with Gasteiger partial charge in [0.25, 0.3) is 0 Å². The molecule has 0 aliphatic carbocycles. The van der Waals surface area contributed by atoms with E-state index >= 15 is 0 Å². The van der Waals surface area contributed by atoms with Gasteiger partial charge in [0.05, 0.1) is 0 Å². The molecule has 0 spiro atoms. The SMILES string of the molecule is C=CC(=O)OC(C)OC(OCC)C(OCC)(OC(C)OC(=O)C=C)P=O. The lowest BCUT2D eigenvalue weighted by Crippen LogP contribution is -2.49. The van der Waals surface area contributed by atoms with Crippen molar-refractivity contribution >= 4 is 20.4 Å². The summed E-state index contributed by atoms with van der Waals surface area (Å²) in [6, 6.07) is 0. The number of hydrogen-bond donors (Lipinski definition) is 0. The standard InChI is InChI=1S/C16H25O9P/c1-7-13(17)22-11(5)24-15(20-9-3)16(26-19,21-10-4)25-12(6)23-14(18)8-2/h7-8,11-12,15H,1-2,9-10H2,3-6H3. The molecule has 148 valence electrons. The van der Waals surface area contributed by atoms with E-state index in [9.17, 15) is 14.2 Å². The summed E-state index contributed by atoms with van der Waals surface area (Å²) in [4.78, 5) is 22.6. The molecule has 0 rings (SSSR count). The Morgan fingerprint density at radius 3 is 2.00 bits per heavy atom. The van der Waals surface area contributed by atoms with Crippen LogP contribution in [0.2, 0.25) is 0 Å². The minimum atomic E-state index is -1.97. The van der Waals surface area contributed by atoms with E-state index in [-0.39, 0.29) is 13.2 Å². The van der Waals surface area contributed by atoms with E-state index in [0.717, 1.165) is 12.2 Å². The highest BCUT2D eigenvalue weighted by atomic mass is 31.1. The Morgan fingerprint density at radius 1 is 1.04 bits per heavy atom. The lowest BCUT2D eigenvalue weighted by molar-refractivity contribution is -0.359. The molecule has 4 atom stereocenters. The van der Waals surface area contributed by atoms with Crippen molar-refractivity contribution in [1.29, 1.82) is 0 Å². The molecule has 0 fully saturated rings. The third-order valence-electron chi connectivity index (χ3n) is 2.64. The summed E-state index contributed by atoms with van der Waals surface area (Å²) in [5.41, 5.74) is -1.97. The molecule has 0 aromatic carbocycles. The van der Waals surface area contributed by atoms with Crippen LogP contribution in [0.15, 0.2) is 25.3 Å². The van der Waals surface area contributed by atoms with Gasteiger partial charge in [0.15, 0.2) is 0 Å². The van der Waals surface area contributed by atoms with Crippen molar-refractivity contribution in [3.05, 3.63) is 25.3 Å². The predicted molar refractivity (Wildman–Crippen MR) is 91.0 cm³/mol. The maximum absolute atomic E-state index is 11.9. The van der Waals surface area contributed by atoms with Crippen molar-refractivity contribution in [2.75, 3.05) is 13.2 Å². The number of esters is 2. The van der Waals surface area contributed by atoms with Crippen LogP contribution < -0.4 is 0 Å². The van der Waals surface area contributed by atoms with Gasteiger partial charge in [0, 0.05) is 25.4 Å². The molecular weight excluding hydrogens is 367 g/mol. The lowest BCUT2D eigenvalue weighted by atomic mass is 10.5. The van der Waals surface area contributed by atoms with Crippen molar-refractivity contribution in [2.24, 2.45) is 0 Å². The minimum Gasteiger partial charge on any atom is -0.433 e. The number of hydrogen-bond acceptors (Lipinski definition) is 9. The van der Waals surface area contributed by atoms with Crippen molar-refractivity contribution in [3.8, 4) is 0 Å². The Morgan fingerprint density at radius 2 is 1.58 bits per heavy atom. The van der Waals surface area contributed by atoms with E-state index in [1.165, 1.54) is 13.8 Å². The summed E-state index contributed by atoms with van der Waals surface area (Å²) in [6.07, 6.45) is -1.71. The van der Waals surface area contributed by atoms with E-state index in [0.29, 0.717) is 0 Å². The average molecular weight is 392 g/mol. The van der Waals surface area contributed by atoms with Gasteiger partial charge in [-0.2, -0.15) is 0 Å². The van der Waals surface area contributed by atoms with E-state index in [2.05, 4.69) is 13.2 Å². The average Bonchev–Trinajstić information content (AvgIpc) is 2.60. The molecule has 0 aliphatic rings. The van der Waals surface area contributed by atoms with Crippen LogP contribution in [0.1, 0.15) is 27.7 Å². The first-order valence-electron chi connectivity index (χ1n) is 7.87. The molecule has 0 heterocycles. The number of carbonyl (C=O) groups excluding carboxylic acids is 2. The zero-order chi connectivity index (χ0) is 20.2. The topological polar surface area (TPSA) is 107 Å². The summed E-state index contributed by atoms with van der Waals surface area (Å²) in [5.74, 6) is -1.46. The molecule has 0 N–H and O–H groups in total. The number of ether oxygens (including phenoxy) is 6. The zero-order valence-corrected chi connectivity index (χ0v) is 16.2. The molecule has 0 saturated heterocycles. The highest BCUT2D eigenvalue weighted by Gasteiger charge is 2.48. The fourth-order valence-electron chi connectivity index (χ4n) is 1.72. The maximum Gasteiger partial charge on any atom is 0.332 e. The lowest BCUT2D eigenvalue weighted by Gasteiger charge is -2.36. The van der Waals surface area contributed by atoms with E-state index in [1.54, 1.807) is 13.8 Å². The molecule has 0 bridgehead atoms. The van der Waals surface area contributed by atoms with Crippen molar-refractivity contribution in [3.63, 3.8) is 0 Å². The molecule has 0 aromatic rings. The monoisotopic (exact) mass is 392 g/mol. The Bertz CT molecular complexity index is 496. The van der Waals surface area contributed by atoms with Crippen molar-refractivity contribution < 1.29 is 42.6 Å². The second kappa shape index (κ2) is 12.7. The highest BCUT2D eigenvalue weighted by molar-refractivity contribution is 7.25. The fourth-order valence-corrected chi connectivity index (χ4v) is 2.32.